The molecule has 2 N–H and O–H groups in total. The van der Waals surface area contributed by atoms with E-state index in [2.05, 4.69) is 4.98 Å². The Balaban J connectivity index is 2.34. The van der Waals surface area contributed by atoms with E-state index in [1.54, 1.807) is 30.5 Å². The van der Waals surface area contributed by atoms with Gasteiger partial charge in [0.1, 0.15) is 0 Å². The highest BCUT2D eigenvalue weighted by Gasteiger charge is 2.12. The predicted molar refractivity (Wildman–Crippen MR) is 50.8 cm³/mol. The van der Waals surface area contributed by atoms with Crippen LogP contribution in [0, 0.1) is 0 Å². The number of nitrogens with two attached hydrogens (primary N) is 1. The summed E-state index contributed by atoms with van der Waals surface area (Å²) in [5, 5.41) is 0. The number of hydrogen-bond acceptors (Lipinski definition) is 4. The lowest BCUT2D eigenvalue weighted by Crippen LogP contribution is -1.99. The van der Waals surface area contributed by atoms with Crippen LogP contribution < -0.4 is 5.73 Å². The number of carbonyl (C=O) groups excluding carboxylic acids is 1. The molecule has 2 aromatic heterocycles. The fourth-order valence-electron chi connectivity index (χ4n) is 1.11. The van der Waals surface area contributed by atoms with Crippen LogP contribution in [-0.2, 0) is 0 Å². The van der Waals surface area contributed by atoms with Crippen LogP contribution in [0.3, 0.4) is 0 Å². The molecule has 2 heterocycles. The molecule has 0 fully saturated rings. The fourth-order valence-corrected chi connectivity index (χ4v) is 1.11. The summed E-state index contributed by atoms with van der Waals surface area (Å²) < 4.78 is 5.00. The van der Waals surface area contributed by atoms with Crippen LogP contribution in [-0.4, -0.2) is 10.8 Å². The molecule has 0 atom stereocenters. The normalized spacial score (nSPS) is 10.0. The van der Waals surface area contributed by atoms with Gasteiger partial charge in [0.25, 0.3) is 0 Å². The second kappa shape index (κ2) is 3.33. The van der Waals surface area contributed by atoms with Gasteiger partial charge in [0.2, 0.25) is 5.78 Å². The summed E-state index contributed by atoms with van der Waals surface area (Å²) in [4.78, 5) is 15.5. The zero-order chi connectivity index (χ0) is 9.97. The maximum atomic E-state index is 11.7. The summed E-state index contributed by atoms with van der Waals surface area (Å²) in [7, 11) is 0. The van der Waals surface area contributed by atoms with Crippen LogP contribution in [0.5, 0.6) is 0 Å². The zero-order valence-corrected chi connectivity index (χ0v) is 7.31. The topological polar surface area (TPSA) is 69.1 Å². The summed E-state index contributed by atoms with van der Waals surface area (Å²) in [6, 6.07) is 6.46. The smallest absolute Gasteiger partial charge is 0.229 e. The number of rotatable bonds is 2. The van der Waals surface area contributed by atoms with Crippen molar-refractivity contribution in [3.8, 4) is 0 Å². The minimum Gasteiger partial charge on any atom is -0.437 e. The third-order valence-corrected chi connectivity index (χ3v) is 1.77. The van der Waals surface area contributed by atoms with Crippen molar-refractivity contribution in [3.63, 3.8) is 0 Å². The van der Waals surface area contributed by atoms with Gasteiger partial charge in [0.05, 0.1) is 0 Å². The van der Waals surface area contributed by atoms with Crippen LogP contribution in [0.25, 0.3) is 0 Å². The molecule has 0 unspecified atom stereocenters. The first-order chi connectivity index (χ1) is 6.77. The maximum absolute atomic E-state index is 11.7. The van der Waals surface area contributed by atoms with Gasteiger partial charge < -0.3 is 10.2 Å². The van der Waals surface area contributed by atoms with Gasteiger partial charge in [-0.2, -0.15) is 0 Å². The number of anilines is 1. The van der Waals surface area contributed by atoms with E-state index in [4.69, 9.17) is 10.2 Å². The number of ketones is 1. The molecule has 0 aliphatic heterocycles. The monoisotopic (exact) mass is 188 g/mol. The van der Waals surface area contributed by atoms with E-state index in [0.29, 0.717) is 5.56 Å². The van der Waals surface area contributed by atoms with E-state index in [0.717, 1.165) is 0 Å². The van der Waals surface area contributed by atoms with Crippen molar-refractivity contribution in [2.24, 2.45) is 0 Å². The van der Waals surface area contributed by atoms with Crippen molar-refractivity contribution in [2.75, 3.05) is 5.73 Å². The highest BCUT2D eigenvalue weighted by atomic mass is 16.4. The van der Waals surface area contributed by atoms with Crippen molar-refractivity contribution in [1.82, 2.24) is 4.98 Å². The Bertz CT molecular complexity index is 448. The summed E-state index contributed by atoms with van der Waals surface area (Å²) in [6.07, 6.45) is 3.09. The van der Waals surface area contributed by atoms with Crippen LogP contribution in [0.2, 0.25) is 0 Å². The molecular weight excluding hydrogens is 180 g/mol. The molecule has 14 heavy (non-hydrogen) atoms. The quantitative estimate of drug-likeness (QED) is 0.725. The minimum absolute atomic E-state index is 0.213. The highest BCUT2D eigenvalue weighted by molar-refractivity contribution is 6.07. The fraction of sp³-hybridized carbons (Fsp3) is 0. The van der Waals surface area contributed by atoms with Crippen LogP contribution in [0.15, 0.2) is 41.1 Å². The van der Waals surface area contributed by atoms with E-state index in [-0.39, 0.29) is 17.4 Å². The van der Waals surface area contributed by atoms with E-state index in [9.17, 15) is 4.79 Å². The zero-order valence-electron chi connectivity index (χ0n) is 7.31. The molecule has 2 rings (SSSR count). The largest absolute Gasteiger partial charge is 0.437 e. The Morgan fingerprint density at radius 1 is 1.36 bits per heavy atom. The maximum Gasteiger partial charge on any atom is 0.229 e. The Labute approximate surface area is 80.4 Å². The van der Waals surface area contributed by atoms with Crippen molar-refractivity contribution in [2.45, 2.75) is 0 Å². The lowest BCUT2D eigenvalue weighted by molar-refractivity contribution is 0.101. The first kappa shape index (κ1) is 8.50. The van der Waals surface area contributed by atoms with Gasteiger partial charge >= 0.3 is 0 Å². The third kappa shape index (κ3) is 1.50. The van der Waals surface area contributed by atoms with Crippen molar-refractivity contribution in [3.05, 3.63) is 48.0 Å². The molecule has 0 spiro atoms. The number of furan rings is 1. The first-order valence-electron chi connectivity index (χ1n) is 4.07. The lowest BCUT2D eigenvalue weighted by Gasteiger charge is -1.94. The average molecular weight is 188 g/mol. The standard InChI is InChI=1S/C10H8N2O2/c11-9-4-3-8(14-9)10(13)7-2-1-5-12-6-7/h1-6H,11H2. The number of hydrogen-bond donors (Lipinski definition) is 1. The molecule has 2 aromatic rings. The van der Waals surface area contributed by atoms with Crippen LogP contribution >= 0.6 is 0 Å². The van der Waals surface area contributed by atoms with Gasteiger partial charge in [0, 0.05) is 24.0 Å². The van der Waals surface area contributed by atoms with Gasteiger partial charge in [-0.25, -0.2) is 0 Å². The molecule has 0 saturated carbocycles. The second-order valence-corrected chi connectivity index (χ2v) is 2.77. The van der Waals surface area contributed by atoms with Gasteiger partial charge in [0.15, 0.2) is 11.6 Å². The number of nitrogens with zero attached hydrogens (tertiary/aromatic N) is 1. The molecule has 0 aliphatic rings. The van der Waals surface area contributed by atoms with Crippen molar-refractivity contribution >= 4 is 11.7 Å². The number of aromatic nitrogens is 1. The molecular formula is C10H8N2O2. The van der Waals surface area contributed by atoms with E-state index < -0.39 is 0 Å². The summed E-state index contributed by atoms with van der Waals surface area (Å²) >= 11 is 0. The van der Waals surface area contributed by atoms with Gasteiger partial charge in [-0.05, 0) is 18.2 Å². The van der Waals surface area contributed by atoms with E-state index >= 15 is 0 Å². The molecule has 0 saturated heterocycles. The molecule has 0 bridgehead atoms. The molecule has 0 aliphatic carbocycles. The molecule has 0 amide bonds. The predicted octanol–water partition coefficient (Wildman–Crippen LogP) is 1.49. The number of pyridine rings is 1. The van der Waals surface area contributed by atoms with Gasteiger partial charge in [-0.1, -0.05) is 0 Å². The minimum atomic E-state index is -0.213. The molecule has 0 radical (unpaired) electrons. The molecule has 70 valence electrons. The Morgan fingerprint density at radius 3 is 2.79 bits per heavy atom. The number of nitrogen functional groups attached to an aromatic ring is 1. The van der Waals surface area contributed by atoms with Crippen molar-refractivity contribution in [1.29, 1.82) is 0 Å². The third-order valence-electron chi connectivity index (χ3n) is 1.77. The van der Waals surface area contributed by atoms with E-state index in [1.165, 1.54) is 6.20 Å². The average Bonchev–Trinajstić information content (AvgIpc) is 2.65. The second-order valence-electron chi connectivity index (χ2n) is 2.77. The van der Waals surface area contributed by atoms with Crippen LogP contribution in [0.4, 0.5) is 5.88 Å². The SMILES string of the molecule is Nc1ccc(C(=O)c2cccnc2)o1. The summed E-state index contributed by atoms with van der Waals surface area (Å²) in [6.45, 7) is 0. The number of carbonyl (C=O) groups is 1. The molecule has 0 aromatic carbocycles. The lowest BCUT2D eigenvalue weighted by atomic mass is 10.1. The summed E-state index contributed by atoms with van der Waals surface area (Å²) in [5.74, 6) is 0.252. The Kier molecular flexibility index (Phi) is 2.02. The molecule has 4 nitrogen and oxygen atoms in total. The van der Waals surface area contributed by atoms with E-state index in [1.807, 2.05) is 0 Å². The van der Waals surface area contributed by atoms with Crippen LogP contribution in [0.1, 0.15) is 16.1 Å². The highest BCUT2D eigenvalue weighted by Crippen LogP contribution is 2.13. The Hall–Kier alpha value is -2.10. The van der Waals surface area contributed by atoms with Gasteiger partial charge in [-0.15, -0.1) is 0 Å². The molecule has 4 heteroatoms. The van der Waals surface area contributed by atoms with Crippen molar-refractivity contribution < 1.29 is 9.21 Å². The van der Waals surface area contributed by atoms with Gasteiger partial charge in [-0.3, -0.25) is 9.78 Å². The summed E-state index contributed by atoms with van der Waals surface area (Å²) in [5.41, 5.74) is 5.85. The Morgan fingerprint density at radius 2 is 2.21 bits per heavy atom. The first-order valence-corrected chi connectivity index (χ1v) is 4.07.